The topological polar surface area (TPSA) is 98.9 Å². The maximum absolute atomic E-state index is 11.8. The Bertz CT molecular complexity index is 1230. The number of pyridine rings is 1. The molecule has 1 atom stereocenters. The molecule has 3 aromatic heterocycles. The van der Waals surface area contributed by atoms with E-state index in [4.69, 9.17) is 0 Å². The summed E-state index contributed by atoms with van der Waals surface area (Å²) < 4.78 is 1.82. The zero-order valence-corrected chi connectivity index (χ0v) is 14.3. The number of hydrogen-bond donors (Lipinski definition) is 2. The van der Waals surface area contributed by atoms with Gasteiger partial charge in [0.2, 0.25) is 11.3 Å². The standard InChI is InChI=1S/C19H16N6O/c1-11-13(9-20)4-3-5-14(11)12(2)23-18-15-8-17(26)22-10-16(15)25-7-6-21-19(25)24-18/h3-8,10,12H,1-2H3,(H,22,26)(H,21,23,24)/t12-/m1/s1. The SMILES string of the molecule is Cc1c(C#N)cccc1[C@@H](C)Nc1nc2nccn2c2c[nH]c(=O)cc12. The van der Waals surface area contributed by atoms with Crippen LogP contribution in [0.2, 0.25) is 0 Å². The van der Waals surface area contributed by atoms with Gasteiger partial charge in [0.1, 0.15) is 5.82 Å². The number of aromatic nitrogens is 4. The molecule has 0 spiro atoms. The van der Waals surface area contributed by atoms with E-state index in [-0.39, 0.29) is 11.6 Å². The molecule has 7 heteroatoms. The number of nitrogens with zero attached hydrogens (tertiary/aromatic N) is 4. The summed E-state index contributed by atoms with van der Waals surface area (Å²) in [7, 11) is 0. The molecule has 26 heavy (non-hydrogen) atoms. The molecule has 0 unspecified atom stereocenters. The average Bonchev–Trinajstić information content (AvgIpc) is 3.10. The summed E-state index contributed by atoms with van der Waals surface area (Å²) in [6.45, 7) is 3.93. The van der Waals surface area contributed by atoms with Crippen LogP contribution >= 0.6 is 0 Å². The van der Waals surface area contributed by atoms with Crippen LogP contribution in [0.4, 0.5) is 5.82 Å². The highest BCUT2D eigenvalue weighted by atomic mass is 16.1. The van der Waals surface area contributed by atoms with Crippen molar-refractivity contribution >= 4 is 22.5 Å². The molecular formula is C19H16N6O. The van der Waals surface area contributed by atoms with Gasteiger partial charge in [-0.15, -0.1) is 0 Å². The fourth-order valence-electron chi connectivity index (χ4n) is 3.22. The minimum Gasteiger partial charge on any atom is -0.363 e. The minimum atomic E-state index is -0.197. The first-order valence-corrected chi connectivity index (χ1v) is 8.20. The monoisotopic (exact) mass is 344 g/mol. The second-order valence-electron chi connectivity index (χ2n) is 6.15. The van der Waals surface area contributed by atoms with Crippen LogP contribution < -0.4 is 10.9 Å². The first kappa shape index (κ1) is 15.8. The Hall–Kier alpha value is -3.66. The largest absolute Gasteiger partial charge is 0.363 e. The normalized spacial score (nSPS) is 12.2. The van der Waals surface area contributed by atoms with Crippen LogP contribution in [-0.2, 0) is 0 Å². The summed E-state index contributed by atoms with van der Waals surface area (Å²) in [5, 5.41) is 13.3. The Morgan fingerprint density at radius 2 is 2.23 bits per heavy atom. The smallest absolute Gasteiger partial charge is 0.248 e. The molecular weight excluding hydrogens is 328 g/mol. The number of benzene rings is 1. The summed E-state index contributed by atoms with van der Waals surface area (Å²) >= 11 is 0. The fourth-order valence-corrected chi connectivity index (χ4v) is 3.22. The number of hydrogen-bond acceptors (Lipinski definition) is 5. The molecule has 0 bridgehead atoms. The van der Waals surface area contributed by atoms with E-state index in [0.717, 1.165) is 16.6 Å². The number of H-pyrrole nitrogens is 1. The average molecular weight is 344 g/mol. The summed E-state index contributed by atoms with van der Waals surface area (Å²) in [5.74, 6) is 1.13. The molecule has 3 heterocycles. The highest BCUT2D eigenvalue weighted by Gasteiger charge is 2.15. The second-order valence-corrected chi connectivity index (χ2v) is 6.15. The van der Waals surface area contributed by atoms with E-state index in [0.29, 0.717) is 22.5 Å². The molecule has 128 valence electrons. The van der Waals surface area contributed by atoms with Crippen molar-refractivity contribution in [3.05, 3.63) is 69.9 Å². The lowest BCUT2D eigenvalue weighted by Gasteiger charge is -2.19. The first-order valence-electron chi connectivity index (χ1n) is 8.20. The zero-order chi connectivity index (χ0) is 18.3. The van der Waals surface area contributed by atoms with E-state index in [1.807, 2.05) is 30.4 Å². The molecule has 7 nitrogen and oxygen atoms in total. The van der Waals surface area contributed by atoms with Gasteiger partial charge in [-0.2, -0.15) is 10.2 Å². The molecule has 4 rings (SSSR count). The Morgan fingerprint density at radius 3 is 3.04 bits per heavy atom. The van der Waals surface area contributed by atoms with E-state index in [1.165, 1.54) is 6.07 Å². The van der Waals surface area contributed by atoms with Crippen LogP contribution in [0.3, 0.4) is 0 Å². The molecule has 0 saturated heterocycles. The van der Waals surface area contributed by atoms with E-state index >= 15 is 0 Å². The van der Waals surface area contributed by atoms with Crippen LogP contribution in [0, 0.1) is 18.3 Å². The van der Waals surface area contributed by atoms with Gasteiger partial charge in [0.25, 0.3) is 0 Å². The molecule has 2 N–H and O–H groups in total. The van der Waals surface area contributed by atoms with Crippen molar-refractivity contribution in [3.63, 3.8) is 0 Å². The van der Waals surface area contributed by atoms with Crippen LogP contribution in [-0.4, -0.2) is 19.4 Å². The number of aromatic amines is 1. The van der Waals surface area contributed by atoms with Crippen molar-refractivity contribution < 1.29 is 0 Å². The number of nitriles is 1. The molecule has 0 saturated carbocycles. The lowest BCUT2D eigenvalue weighted by atomic mass is 9.98. The van der Waals surface area contributed by atoms with E-state index < -0.39 is 0 Å². The number of rotatable bonds is 3. The Morgan fingerprint density at radius 1 is 1.38 bits per heavy atom. The highest BCUT2D eigenvalue weighted by Crippen LogP contribution is 2.27. The quantitative estimate of drug-likeness (QED) is 0.595. The summed E-state index contributed by atoms with van der Waals surface area (Å²) in [6.07, 6.45) is 5.13. The molecule has 0 aliphatic heterocycles. The Balaban J connectivity index is 1.85. The van der Waals surface area contributed by atoms with Gasteiger partial charge in [0.05, 0.1) is 23.2 Å². The summed E-state index contributed by atoms with van der Waals surface area (Å²) in [4.78, 5) is 23.3. The third-order valence-corrected chi connectivity index (χ3v) is 4.57. The fraction of sp³-hybridized carbons (Fsp3) is 0.158. The van der Waals surface area contributed by atoms with Gasteiger partial charge in [-0.3, -0.25) is 9.20 Å². The number of fused-ring (bicyclic) bond motifs is 3. The maximum Gasteiger partial charge on any atom is 0.248 e. The van der Waals surface area contributed by atoms with Gasteiger partial charge in [-0.25, -0.2) is 4.98 Å². The zero-order valence-electron chi connectivity index (χ0n) is 14.3. The predicted molar refractivity (Wildman–Crippen MR) is 99.0 cm³/mol. The molecule has 0 fully saturated rings. The van der Waals surface area contributed by atoms with Crippen molar-refractivity contribution in [2.75, 3.05) is 5.32 Å². The van der Waals surface area contributed by atoms with Gasteiger partial charge in [0.15, 0.2) is 0 Å². The van der Waals surface area contributed by atoms with Gasteiger partial charge >= 0.3 is 0 Å². The van der Waals surface area contributed by atoms with E-state index in [2.05, 4.69) is 26.3 Å². The van der Waals surface area contributed by atoms with Crippen LogP contribution in [0.15, 0.2) is 47.7 Å². The summed E-state index contributed by atoms with van der Waals surface area (Å²) in [6, 6.07) is 9.28. The number of imidazole rings is 1. The van der Waals surface area contributed by atoms with Crippen LogP contribution in [0.5, 0.6) is 0 Å². The van der Waals surface area contributed by atoms with Crippen LogP contribution in [0.1, 0.15) is 29.7 Å². The predicted octanol–water partition coefficient (Wildman–Crippen LogP) is 2.92. The molecule has 0 amide bonds. The van der Waals surface area contributed by atoms with Gasteiger partial charge in [-0.1, -0.05) is 12.1 Å². The molecule has 0 aliphatic rings. The van der Waals surface area contributed by atoms with Crippen molar-refractivity contribution in [1.29, 1.82) is 5.26 Å². The first-order chi connectivity index (χ1) is 12.6. The van der Waals surface area contributed by atoms with Crippen molar-refractivity contribution in [2.45, 2.75) is 19.9 Å². The molecule has 1 aromatic carbocycles. The third-order valence-electron chi connectivity index (χ3n) is 4.57. The lowest BCUT2D eigenvalue weighted by molar-refractivity contribution is 0.865. The Labute approximate surface area is 149 Å². The Kier molecular flexibility index (Phi) is 3.66. The molecule has 4 aromatic rings. The van der Waals surface area contributed by atoms with Crippen molar-refractivity contribution in [3.8, 4) is 6.07 Å². The minimum absolute atomic E-state index is 0.101. The number of nitrogens with one attached hydrogen (secondary N) is 2. The van der Waals surface area contributed by atoms with E-state index in [1.54, 1.807) is 24.7 Å². The molecule has 0 aliphatic carbocycles. The maximum atomic E-state index is 11.8. The summed E-state index contributed by atoms with van der Waals surface area (Å²) in [5.41, 5.74) is 3.20. The van der Waals surface area contributed by atoms with Gasteiger partial charge in [-0.05, 0) is 31.0 Å². The van der Waals surface area contributed by atoms with E-state index in [9.17, 15) is 10.1 Å². The highest BCUT2D eigenvalue weighted by molar-refractivity contribution is 5.90. The third kappa shape index (κ3) is 2.48. The van der Waals surface area contributed by atoms with Gasteiger partial charge in [0, 0.05) is 30.0 Å². The number of anilines is 1. The lowest BCUT2D eigenvalue weighted by Crippen LogP contribution is -2.13. The van der Waals surface area contributed by atoms with Crippen LogP contribution in [0.25, 0.3) is 16.7 Å². The van der Waals surface area contributed by atoms with Crippen molar-refractivity contribution in [1.82, 2.24) is 19.4 Å². The molecule has 0 radical (unpaired) electrons. The second kappa shape index (κ2) is 6.01. The van der Waals surface area contributed by atoms with Crippen molar-refractivity contribution in [2.24, 2.45) is 0 Å². The van der Waals surface area contributed by atoms with Gasteiger partial charge < -0.3 is 10.3 Å².